The van der Waals surface area contributed by atoms with E-state index in [0.29, 0.717) is 12.8 Å². The summed E-state index contributed by atoms with van der Waals surface area (Å²) >= 11 is 0. The van der Waals surface area contributed by atoms with E-state index in [1.165, 1.54) is 0 Å². The summed E-state index contributed by atoms with van der Waals surface area (Å²) in [4.78, 5) is 10.2. The number of nitrogens with zero attached hydrogens (tertiary/aromatic N) is 2. The van der Waals surface area contributed by atoms with Crippen molar-refractivity contribution >= 4 is 0 Å². The minimum atomic E-state index is -0.838. The third-order valence-electron chi connectivity index (χ3n) is 1.82. The molecule has 0 aliphatic carbocycles. The van der Waals surface area contributed by atoms with Gasteiger partial charge in [0.05, 0.1) is 6.07 Å². The predicted molar refractivity (Wildman–Crippen MR) is 45.2 cm³/mol. The Hall–Kier alpha value is -1.11. The molecule has 0 aromatic rings. The fraction of sp³-hybridized carbons (Fsp3) is 0.875. The molecule has 0 heterocycles. The molecule has 0 atom stereocenters. The standard InChI is InChI=1S/C8H14N2O2/c1-8(2,10(11)12)6-4-3-5-7-9/h3-6H2,1-2H3. The quantitative estimate of drug-likeness (QED) is 0.360. The van der Waals surface area contributed by atoms with Crippen LogP contribution in [0.25, 0.3) is 0 Å². The molecule has 0 unspecified atom stereocenters. The highest BCUT2D eigenvalue weighted by Gasteiger charge is 2.29. The van der Waals surface area contributed by atoms with Gasteiger partial charge >= 0.3 is 0 Å². The van der Waals surface area contributed by atoms with Crippen LogP contribution in [0, 0.1) is 21.4 Å². The van der Waals surface area contributed by atoms with Gasteiger partial charge in [0.25, 0.3) is 0 Å². The summed E-state index contributed by atoms with van der Waals surface area (Å²) in [5.74, 6) is 0. The molecule has 0 spiro atoms. The molecule has 4 heteroatoms. The summed E-state index contributed by atoms with van der Waals surface area (Å²) in [7, 11) is 0. The molecule has 0 aliphatic heterocycles. The van der Waals surface area contributed by atoms with Crippen molar-refractivity contribution in [3.63, 3.8) is 0 Å². The maximum Gasteiger partial charge on any atom is 0.216 e. The Balaban J connectivity index is 3.63. The first-order chi connectivity index (χ1) is 5.50. The predicted octanol–water partition coefficient (Wildman–Crippen LogP) is 2.13. The zero-order valence-corrected chi connectivity index (χ0v) is 7.54. The van der Waals surface area contributed by atoms with Crippen molar-refractivity contribution in [1.82, 2.24) is 0 Å². The topological polar surface area (TPSA) is 66.9 Å². The lowest BCUT2D eigenvalue weighted by atomic mass is 9.98. The average Bonchev–Trinajstić information content (AvgIpc) is 1.98. The van der Waals surface area contributed by atoms with Gasteiger partial charge < -0.3 is 0 Å². The Labute approximate surface area is 72.3 Å². The molecule has 0 saturated carbocycles. The summed E-state index contributed by atoms with van der Waals surface area (Å²) in [6, 6.07) is 2.01. The molecule has 68 valence electrons. The van der Waals surface area contributed by atoms with Crippen molar-refractivity contribution in [3.8, 4) is 6.07 Å². The highest BCUT2D eigenvalue weighted by molar-refractivity contribution is 4.71. The molecule has 4 nitrogen and oxygen atoms in total. The SMILES string of the molecule is CC(C)(CCCCC#N)[N+](=O)[O-]. The van der Waals surface area contributed by atoms with Crippen LogP contribution in [0.5, 0.6) is 0 Å². The molecular formula is C8H14N2O2. The Bertz CT molecular complexity index is 194. The summed E-state index contributed by atoms with van der Waals surface area (Å²) < 4.78 is 0. The van der Waals surface area contributed by atoms with E-state index >= 15 is 0 Å². The van der Waals surface area contributed by atoms with Crippen LogP contribution < -0.4 is 0 Å². The van der Waals surface area contributed by atoms with Gasteiger partial charge in [-0.1, -0.05) is 0 Å². The van der Waals surface area contributed by atoms with Crippen molar-refractivity contribution in [2.75, 3.05) is 0 Å². The first-order valence-corrected chi connectivity index (χ1v) is 4.02. The van der Waals surface area contributed by atoms with E-state index in [2.05, 4.69) is 0 Å². The third kappa shape index (κ3) is 3.91. The lowest BCUT2D eigenvalue weighted by molar-refractivity contribution is -0.561. The smallest absolute Gasteiger partial charge is 0.216 e. The van der Waals surface area contributed by atoms with Gasteiger partial charge in [0.2, 0.25) is 5.54 Å². The normalized spacial score (nSPS) is 10.8. The zero-order valence-electron chi connectivity index (χ0n) is 7.54. The van der Waals surface area contributed by atoms with Gasteiger partial charge in [0.15, 0.2) is 0 Å². The summed E-state index contributed by atoms with van der Waals surface area (Å²) in [5.41, 5.74) is -0.838. The number of hydrogen-bond acceptors (Lipinski definition) is 3. The summed E-state index contributed by atoms with van der Waals surface area (Å²) in [5, 5.41) is 18.6. The van der Waals surface area contributed by atoms with Gasteiger partial charge in [-0.2, -0.15) is 5.26 Å². The Morgan fingerprint density at radius 3 is 2.50 bits per heavy atom. The average molecular weight is 170 g/mol. The van der Waals surface area contributed by atoms with Crippen LogP contribution in [-0.2, 0) is 0 Å². The van der Waals surface area contributed by atoms with Crippen LogP contribution in [0.4, 0.5) is 0 Å². The van der Waals surface area contributed by atoms with E-state index in [1.807, 2.05) is 6.07 Å². The molecule has 0 aliphatic rings. The molecule has 0 radical (unpaired) electrons. The summed E-state index contributed by atoms with van der Waals surface area (Å²) in [6.07, 6.45) is 2.55. The maximum atomic E-state index is 10.4. The van der Waals surface area contributed by atoms with Crippen LogP contribution >= 0.6 is 0 Å². The lowest BCUT2D eigenvalue weighted by Crippen LogP contribution is -2.30. The Kier molecular flexibility index (Phi) is 4.27. The fourth-order valence-electron chi connectivity index (χ4n) is 0.853. The van der Waals surface area contributed by atoms with Crippen molar-refractivity contribution < 1.29 is 4.92 Å². The van der Waals surface area contributed by atoms with Gasteiger partial charge in [0, 0.05) is 31.6 Å². The second kappa shape index (κ2) is 4.70. The van der Waals surface area contributed by atoms with E-state index in [0.717, 1.165) is 12.8 Å². The molecule has 0 aromatic carbocycles. The van der Waals surface area contributed by atoms with Crippen molar-refractivity contribution in [3.05, 3.63) is 10.1 Å². The van der Waals surface area contributed by atoms with Gasteiger partial charge in [-0.05, 0) is 12.8 Å². The van der Waals surface area contributed by atoms with E-state index in [1.54, 1.807) is 13.8 Å². The van der Waals surface area contributed by atoms with Gasteiger partial charge in [-0.3, -0.25) is 10.1 Å². The number of unbranched alkanes of at least 4 members (excludes halogenated alkanes) is 2. The van der Waals surface area contributed by atoms with Crippen LogP contribution in [0.3, 0.4) is 0 Å². The second-order valence-electron chi connectivity index (χ2n) is 3.43. The second-order valence-corrected chi connectivity index (χ2v) is 3.43. The monoisotopic (exact) mass is 170 g/mol. The minimum absolute atomic E-state index is 0.265. The van der Waals surface area contributed by atoms with Gasteiger partial charge in [-0.25, -0.2) is 0 Å². The fourth-order valence-corrected chi connectivity index (χ4v) is 0.853. The van der Waals surface area contributed by atoms with E-state index in [-0.39, 0.29) is 4.92 Å². The van der Waals surface area contributed by atoms with Crippen molar-refractivity contribution in [2.45, 2.75) is 45.1 Å². The highest BCUT2D eigenvalue weighted by atomic mass is 16.6. The maximum absolute atomic E-state index is 10.4. The van der Waals surface area contributed by atoms with E-state index in [4.69, 9.17) is 5.26 Å². The molecule has 0 fully saturated rings. The lowest BCUT2D eigenvalue weighted by Gasteiger charge is -2.14. The first-order valence-electron chi connectivity index (χ1n) is 4.02. The minimum Gasteiger partial charge on any atom is -0.264 e. The molecule has 0 saturated heterocycles. The van der Waals surface area contributed by atoms with Crippen LogP contribution in [0.15, 0.2) is 0 Å². The third-order valence-corrected chi connectivity index (χ3v) is 1.82. The number of rotatable bonds is 5. The largest absolute Gasteiger partial charge is 0.264 e. The van der Waals surface area contributed by atoms with Crippen molar-refractivity contribution in [2.24, 2.45) is 0 Å². The van der Waals surface area contributed by atoms with Gasteiger partial charge in [0.1, 0.15) is 0 Å². The first kappa shape index (κ1) is 10.9. The molecular weight excluding hydrogens is 156 g/mol. The molecule has 0 amide bonds. The molecule has 0 N–H and O–H groups in total. The Morgan fingerprint density at radius 1 is 1.50 bits per heavy atom. The van der Waals surface area contributed by atoms with Crippen molar-refractivity contribution in [1.29, 1.82) is 5.26 Å². The highest BCUT2D eigenvalue weighted by Crippen LogP contribution is 2.16. The Morgan fingerprint density at radius 2 is 2.08 bits per heavy atom. The molecule has 0 aromatic heterocycles. The van der Waals surface area contributed by atoms with Crippen LogP contribution in [0.1, 0.15) is 39.5 Å². The number of nitro groups is 1. The van der Waals surface area contributed by atoms with E-state index < -0.39 is 5.54 Å². The molecule has 0 bridgehead atoms. The molecule has 12 heavy (non-hydrogen) atoms. The molecule has 0 rings (SSSR count). The summed E-state index contributed by atoms with van der Waals surface area (Å²) in [6.45, 7) is 3.22. The van der Waals surface area contributed by atoms with Crippen LogP contribution in [-0.4, -0.2) is 10.5 Å². The number of hydrogen-bond donors (Lipinski definition) is 0. The zero-order chi connectivity index (χ0) is 9.61. The van der Waals surface area contributed by atoms with Gasteiger partial charge in [-0.15, -0.1) is 0 Å². The number of nitriles is 1. The van der Waals surface area contributed by atoms with E-state index in [9.17, 15) is 10.1 Å². The van der Waals surface area contributed by atoms with Crippen LogP contribution in [0.2, 0.25) is 0 Å².